The number of aromatic nitrogens is 1. The number of hydrogen-bond donors (Lipinski definition) is 1. The smallest absolute Gasteiger partial charge is 0.234 e. The average Bonchev–Trinajstić information content (AvgIpc) is 2.45. The van der Waals surface area contributed by atoms with Gasteiger partial charge in [-0.1, -0.05) is 53.0 Å². The summed E-state index contributed by atoms with van der Waals surface area (Å²) in [7, 11) is 0. The zero-order valence-electron chi connectivity index (χ0n) is 10.9. The monoisotopic (exact) mass is 456 g/mol. The molecule has 0 saturated carbocycles. The number of rotatable bonds is 6. The first-order valence-electron chi connectivity index (χ1n) is 6.16. The van der Waals surface area contributed by atoms with Crippen molar-refractivity contribution in [3.8, 4) is 5.88 Å². The zero-order valence-corrected chi connectivity index (χ0v) is 15.3. The molecule has 2 rings (SSSR count). The summed E-state index contributed by atoms with van der Waals surface area (Å²) in [4.78, 5) is 3.99. The Morgan fingerprint density at radius 2 is 1.90 bits per heavy atom. The third-order valence-electron chi connectivity index (χ3n) is 2.65. The van der Waals surface area contributed by atoms with Crippen molar-refractivity contribution in [2.24, 2.45) is 0 Å². The molecule has 0 radical (unpaired) electrons. The Morgan fingerprint density at radius 3 is 2.67 bits per heavy atom. The number of hydrogen-bond acceptors (Lipinski definition) is 3. The molecule has 0 spiro atoms. The lowest BCUT2D eigenvalue weighted by molar-refractivity contribution is 0.302. The first-order valence-corrected chi connectivity index (χ1v) is 8.37. The number of nitrogens with one attached hydrogen (secondary N) is 1. The highest BCUT2D eigenvalue weighted by atomic mass is 127. The fourth-order valence-electron chi connectivity index (χ4n) is 1.61. The van der Waals surface area contributed by atoms with E-state index in [0.29, 0.717) is 29.1 Å². The van der Waals surface area contributed by atoms with Crippen molar-refractivity contribution in [3.05, 3.63) is 54.7 Å². The second-order valence-corrected chi connectivity index (χ2v) is 6.50. The molecule has 0 aliphatic heterocycles. The van der Waals surface area contributed by atoms with Crippen molar-refractivity contribution >= 4 is 57.4 Å². The summed E-state index contributed by atoms with van der Waals surface area (Å²) in [5, 5.41) is 4.14. The molecule has 3 nitrogen and oxygen atoms in total. The Balaban J connectivity index is 1.78. The first kappa shape index (κ1) is 17.1. The van der Waals surface area contributed by atoms with E-state index in [0.717, 1.165) is 6.54 Å². The van der Waals surface area contributed by atoms with E-state index in [1.54, 1.807) is 0 Å². The van der Waals surface area contributed by atoms with E-state index in [4.69, 9.17) is 39.5 Å². The van der Waals surface area contributed by atoms with Gasteiger partial charge in [0, 0.05) is 16.7 Å². The third-order valence-corrected chi connectivity index (χ3v) is 4.64. The zero-order chi connectivity index (χ0) is 15.2. The Morgan fingerprint density at radius 1 is 1.14 bits per heavy atom. The van der Waals surface area contributed by atoms with Gasteiger partial charge >= 0.3 is 0 Å². The number of halogens is 4. The number of ether oxygens (including phenoxy) is 1. The average molecular weight is 458 g/mol. The Hall–Kier alpha value is -0.270. The van der Waals surface area contributed by atoms with Crippen molar-refractivity contribution in [1.29, 1.82) is 0 Å². The summed E-state index contributed by atoms with van der Waals surface area (Å²) < 4.78 is 6.72. The lowest BCUT2D eigenvalue weighted by Gasteiger charge is -2.09. The van der Waals surface area contributed by atoms with Crippen molar-refractivity contribution in [2.45, 2.75) is 6.54 Å². The number of benzene rings is 1. The minimum absolute atomic E-state index is 0.183. The normalized spacial score (nSPS) is 10.7. The standard InChI is InChI=1S/C14H12Cl3IN2O/c15-10-7-11(16)14(20-13(10)17)21-6-5-19-8-9-3-1-2-4-12(9)18/h1-4,7,19H,5-6,8H2. The SMILES string of the molecule is Clc1cc(Cl)c(OCCNCc2ccccc2I)nc1Cl. The molecule has 0 aliphatic carbocycles. The molecule has 1 aromatic carbocycles. The van der Waals surface area contributed by atoms with Gasteiger partial charge in [-0.2, -0.15) is 4.98 Å². The molecule has 1 aromatic heterocycles. The second kappa shape index (κ2) is 8.39. The van der Waals surface area contributed by atoms with Crippen LogP contribution in [0, 0.1) is 3.57 Å². The summed E-state index contributed by atoms with van der Waals surface area (Å²) in [6, 6.07) is 9.73. The van der Waals surface area contributed by atoms with Crippen LogP contribution in [-0.4, -0.2) is 18.1 Å². The van der Waals surface area contributed by atoms with E-state index >= 15 is 0 Å². The minimum atomic E-state index is 0.183. The van der Waals surface area contributed by atoms with Gasteiger partial charge in [-0.3, -0.25) is 0 Å². The predicted molar refractivity (Wildman–Crippen MR) is 95.6 cm³/mol. The van der Waals surface area contributed by atoms with E-state index in [9.17, 15) is 0 Å². The van der Waals surface area contributed by atoms with E-state index in [1.807, 2.05) is 12.1 Å². The molecule has 2 aromatic rings. The molecule has 112 valence electrons. The molecule has 0 saturated heterocycles. The van der Waals surface area contributed by atoms with Crippen LogP contribution in [0.15, 0.2) is 30.3 Å². The molecule has 7 heteroatoms. The van der Waals surface area contributed by atoms with Crippen LogP contribution < -0.4 is 10.1 Å². The maximum atomic E-state index is 5.98. The molecular weight excluding hydrogens is 445 g/mol. The molecule has 21 heavy (non-hydrogen) atoms. The molecule has 1 heterocycles. The van der Waals surface area contributed by atoms with E-state index in [-0.39, 0.29) is 5.15 Å². The van der Waals surface area contributed by atoms with Gasteiger partial charge in [-0.05, 0) is 40.3 Å². The maximum absolute atomic E-state index is 5.98. The van der Waals surface area contributed by atoms with Crippen LogP contribution in [0.2, 0.25) is 15.2 Å². The third kappa shape index (κ3) is 5.14. The largest absolute Gasteiger partial charge is 0.475 e. The van der Waals surface area contributed by atoms with Crippen LogP contribution in [0.1, 0.15) is 5.56 Å². The van der Waals surface area contributed by atoms with Gasteiger partial charge in [0.15, 0.2) is 5.15 Å². The van der Waals surface area contributed by atoms with E-state index < -0.39 is 0 Å². The van der Waals surface area contributed by atoms with Crippen molar-refractivity contribution < 1.29 is 4.74 Å². The molecule has 0 unspecified atom stereocenters. The van der Waals surface area contributed by atoms with Crippen molar-refractivity contribution in [3.63, 3.8) is 0 Å². The molecule has 0 bridgehead atoms. The molecule has 0 amide bonds. The maximum Gasteiger partial charge on any atom is 0.234 e. The lowest BCUT2D eigenvalue weighted by Crippen LogP contribution is -2.21. The van der Waals surface area contributed by atoms with Gasteiger partial charge in [0.1, 0.15) is 11.6 Å². The summed E-state index contributed by atoms with van der Waals surface area (Å²) in [5.41, 5.74) is 1.25. The van der Waals surface area contributed by atoms with Gasteiger partial charge in [0.2, 0.25) is 5.88 Å². The topological polar surface area (TPSA) is 34.1 Å². The minimum Gasteiger partial charge on any atom is -0.475 e. The fourth-order valence-corrected chi connectivity index (χ4v) is 2.74. The Bertz CT molecular complexity index is 625. The molecule has 0 atom stereocenters. The quantitative estimate of drug-likeness (QED) is 0.384. The first-order chi connectivity index (χ1) is 10.1. The predicted octanol–water partition coefficient (Wildman–Crippen LogP) is 4.82. The van der Waals surface area contributed by atoms with Gasteiger partial charge in [-0.15, -0.1) is 0 Å². The van der Waals surface area contributed by atoms with Crippen molar-refractivity contribution in [1.82, 2.24) is 10.3 Å². The molecular formula is C14H12Cl3IN2O. The van der Waals surface area contributed by atoms with Crippen LogP contribution in [-0.2, 0) is 6.54 Å². The summed E-state index contributed by atoms with van der Waals surface area (Å²) >= 11 is 19.9. The van der Waals surface area contributed by atoms with E-state index in [2.05, 4.69) is 45.0 Å². The number of nitrogens with zero attached hydrogens (tertiary/aromatic N) is 1. The highest BCUT2D eigenvalue weighted by molar-refractivity contribution is 14.1. The lowest BCUT2D eigenvalue weighted by atomic mass is 10.2. The van der Waals surface area contributed by atoms with Crippen LogP contribution in [0.4, 0.5) is 0 Å². The highest BCUT2D eigenvalue weighted by Gasteiger charge is 2.08. The molecule has 1 N–H and O–H groups in total. The van der Waals surface area contributed by atoms with E-state index in [1.165, 1.54) is 15.2 Å². The van der Waals surface area contributed by atoms with Gasteiger partial charge in [0.25, 0.3) is 0 Å². The van der Waals surface area contributed by atoms with Crippen LogP contribution in [0.25, 0.3) is 0 Å². The summed E-state index contributed by atoms with van der Waals surface area (Å²) in [6.07, 6.45) is 0. The Kier molecular flexibility index (Phi) is 6.82. The second-order valence-electron chi connectivity index (χ2n) is 4.16. The van der Waals surface area contributed by atoms with Crippen LogP contribution >= 0.6 is 57.4 Å². The molecule has 0 fully saturated rings. The van der Waals surface area contributed by atoms with Gasteiger partial charge in [0.05, 0.1) is 5.02 Å². The summed E-state index contributed by atoms with van der Waals surface area (Å²) in [5.74, 6) is 0.294. The van der Waals surface area contributed by atoms with Crippen molar-refractivity contribution in [2.75, 3.05) is 13.2 Å². The fraction of sp³-hybridized carbons (Fsp3) is 0.214. The number of pyridine rings is 1. The van der Waals surface area contributed by atoms with Gasteiger partial charge in [-0.25, -0.2) is 0 Å². The van der Waals surface area contributed by atoms with Crippen LogP contribution in [0.5, 0.6) is 5.88 Å². The summed E-state index contributed by atoms with van der Waals surface area (Å²) in [6.45, 7) is 1.89. The van der Waals surface area contributed by atoms with Gasteiger partial charge < -0.3 is 10.1 Å². The Labute approximate surface area is 152 Å². The highest BCUT2D eigenvalue weighted by Crippen LogP contribution is 2.30. The molecule has 0 aliphatic rings. The van der Waals surface area contributed by atoms with Crippen LogP contribution in [0.3, 0.4) is 0 Å².